The number of esters is 1. The maximum Gasteiger partial charge on any atom is 0.407 e. The number of amides is 1. The fourth-order valence-corrected chi connectivity index (χ4v) is 4.12. The number of hydrogen-bond acceptors (Lipinski definition) is 5. The molecule has 0 saturated carbocycles. The second-order valence-corrected chi connectivity index (χ2v) is 8.03. The van der Waals surface area contributed by atoms with Crippen LogP contribution in [0.4, 0.5) is 4.79 Å². The molecular formula is C27H27NO5. The highest BCUT2D eigenvalue weighted by Crippen LogP contribution is 2.44. The third-order valence-electron chi connectivity index (χ3n) is 5.83. The van der Waals surface area contributed by atoms with Crippen molar-refractivity contribution in [2.24, 2.45) is 0 Å². The zero-order valence-corrected chi connectivity index (χ0v) is 18.3. The van der Waals surface area contributed by atoms with Gasteiger partial charge < -0.3 is 19.9 Å². The molecule has 0 heterocycles. The van der Waals surface area contributed by atoms with Crippen molar-refractivity contribution in [2.75, 3.05) is 13.2 Å². The predicted octanol–water partition coefficient (Wildman–Crippen LogP) is 4.41. The molecule has 0 spiro atoms. The molecule has 0 radical (unpaired) electrons. The van der Waals surface area contributed by atoms with Crippen LogP contribution >= 0.6 is 0 Å². The van der Waals surface area contributed by atoms with Crippen molar-refractivity contribution >= 4 is 12.1 Å². The molecule has 170 valence electrons. The third kappa shape index (κ3) is 5.59. The first kappa shape index (κ1) is 22.6. The van der Waals surface area contributed by atoms with Crippen molar-refractivity contribution in [3.8, 4) is 11.1 Å². The monoisotopic (exact) mass is 445 g/mol. The topological polar surface area (TPSA) is 84.9 Å². The van der Waals surface area contributed by atoms with Crippen LogP contribution in [0.15, 0.2) is 78.9 Å². The summed E-state index contributed by atoms with van der Waals surface area (Å²) in [5.41, 5.74) is 5.48. The molecule has 0 unspecified atom stereocenters. The molecule has 3 aromatic rings. The van der Waals surface area contributed by atoms with E-state index in [-0.39, 0.29) is 44.5 Å². The van der Waals surface area contributed by atoms with Crippen LogP contribution in [-0.2, 0) is 20.9 Å². The predicted molar refractivity (Wildman–Crippen MR) is 125 cm³/mol. The fourth-order valence-electron chi connectivity index (χ4n) is 4.12. The van der Waals surface area contributed by atoms with Crippen LogP contribution in [0, 0.1) is 0 Å². The van der Waals surface area contributed by atoms with Gasteiger partial charge in [0.25, 0.3) is 0 Å². The van der Waals surface area contributed by atoms with Crippen LogP contribution in [0.2, 0.25) is 0 Å². The highest BCUT2D eigenvalue weighted by molar-refractivity contribution is 5.79. The lowest BCUT2D eigenvalue weighted by atomic mass is 9.98. The van der Waals surface area contributed by atoms with E-state index in [1.165, 1.54) is 0 Å². The van der Waals surface area contributed by atoms with Crippen molar-refractivity contribution in [3.63, 3.8) is 0 Å². The summed E-state index contributed by atoms with van der Waals surface area (Å²) in [6.07, 6.45) is -0.274. The van der Waals surface area contributed by atoms with Crippen LogP contribution in [0.25, 0.3) is 11.1 Å². The number of ether oxygens (including phenoxy) is 2. The van der Waals surface area contributed by atoms with Gasteiger partial charge in [0.15, 0.2) is 0 Å². The van der Waals surface area contributed by atoms with Gasteiger partial charge >= 0.3 is 12.1 Å². The Morgan fingerprint density at radius 1 is 0.848 bits per heavy atom. The molecule has 0 aromatic heterocycles. The summed E-state index contributed by atoms with van der Waals surface area (Å²) in [5, 5.41) is 12.3. The van der Waals surface area contributed by atoms with Crippen LogP contribution < -0.4 is 5.32 Å². The maximum atomic E-state index is 12.4. The number of benzene rings is 3. The second-order valence-electron chi connectivity index (χ2n) is 8.03. The molecule has 33 heavy (non-hydrogen) atoms. The number of rotatable bonds is 9. The lowest BCUT2D eigenvalue weighted by Crippen LogP contribution is -2.38. The van der Waals surface area contributed by atoms with Crippen LogP contribution in [-0.4, -0.2) is 36.4 Å². The van der Waals surface area contributed by atoms with E-state index in [4.69, 9.17) is 9.47 Å². The molecule has 0 saturated heterocycles. The van der Waals surface area contributed by atoms with Crippen LogP contribution in [0.1, 0.15) is 35.4 Å². The first-order chi connectivity index (χ1) is 16.2. The molecule has 2 N–H and O–H groups in total. The molecular weight excluding hydrogens is 418 g/mol. The lowest BCUT2D eigenvalue weighted by Gasteiger charge is -2.18. The van der Waals surface area contributed by atoms with Gasteiger partial charge in [-0.15, -0.1) is 0 Å². The Labute approximate surface area is 193 Å². The van der Waals surface area contributed by atoms with E-state index in [0.29, 0.717) is 0 Å². The molecule has 0 aliphatic heterocycles. The molecule has 1 aliphatic rings. The minimum absolute atomic E-state index is 0.0382. The normalized spacial score (nSPS) is 13.0. The van der Waals surface area contributed by atoms with Gasteiger partial charge in [-0.2, -0.15) is 0 Å². The van der Waals surface area contributed by atoms with Crippen molar-refractivity contribution < 1.29 is 24.2 Å². The van der Waals surface area contributed by atoms with Crippen molar-refractivity contribution in [2.45, 2.75) is 31.4 Å². The maximum absolute atomic E-state index is 12.4. The number of carbonyl (C=O) groups is 2. The standard InChI is InChI=1S/C27H27NO5/c29-16-20(14-15-26(30)32-17-19-8-2-1-3-9-19)28-27(31)33-18-25-23-12-6-4-10-21(23)22-11-5-7-13-24(22)25/h1-13,20,25,29H,14-18H2,(H,28,31)/t20-/m0/s1. The van der Waals surface area contributed by atoms with Crippen molar-refractivity contribution in [1.82, 2.24) is 5.32 Å². The zero-order chi connectivity index (χ0) is 23.0. The van der Waals surface area contributed by atoms with Crippen LogP contribution in [0.3, 0.4) is 0 Å². The van der Waals surface area contributed by atoms with Gasteiger partial charge in [-0.25, -0.2) is 4.79 Å². The van der Waals surface area contributed by atoms with E-state index in [9.17, 15) is 14.7 Å². The van der Waals surface area contributed by atoms with Gasteiger partial charge in [0.2, 0.25) is 0 Å². The van der Waals surface area contributed by atoms with Gasteiger partial charge in [0.1, 0.15) is 13.2 Å². The SMILES string of the molecule is O=C(CC[C@@H](CO)NC(=O)OCC1c2ccccc2-c2ccccc21)OCc1ccccc1. The summed E-state index contributed by atoms with van der Waals surface area (Å²) < 4.78 is 10.8. The van der Waals surface area contributed by atoms with Gasteiger partial charge in [-0.05, 0) is 34.2 Å². The van der Waals surface area contributed by atoms with Crippen LogP contribution in [0.5, 0.6) is 0 Å². The number of nitrogens with one attached hydrogen (secondary N) is 1. The van der Waals surface area contributed by atoms with E-state index < -0.39 is 12.1 Å². The molecule has 4 rings (SSSR count). The number of aliphatic hydroxyl groups excluding tert-OH is 1. The van der Waals surface area contributed by atoms with E-state index in [1.807, 2.05) is 54.6 Å². The Hall–Kier alpha value is -3.64. The molecule has 1 aliphatic carbocycles. The summed E-state index contributed by atoms with van der Waals surface area (Å²) in [6.45, 7) is 0.0938. The first-order valence-corrected chi connectivity index (χ1v) is 11.1. The molecule has 1 amide bonds. The number of hydrogen-bond donors (Lipinski definition) is 2. The average Bonchev–Trinajstić information content (AvgIpc) is 3.18. The summed E-state index contributed by atoms with van der Waals surface area (Å²) in [7, 11) is 0. The van der Waals surface area contributed by atoms with E-state index in [2.05, 4.69) is 29.6 Å². The summed E-state index contributed by atoms with van der Waals surface area (Å²) >= 11 is 0. The van der Waals surface area contributed by atoms with E-state index >= 15 is 0 Å². The molecule has 0 bridgehead atoms. The highest BCUT2D eigenvalue weighted by atomic mass is 16.5. The van der Waals surface area contributed by atoms with Crippen molar-refractivity contribution in [3.05, 3.63) is 95.6 Å². The quantitative estimate of drug-likeness (QED) is 0.477. The minimum atomic E-state index is -0.617. The molecule has 0 fully saturated rings. The fraction of sp³-hybridized carbons (Fsp3) is 0.259. The van der Waals surface area contributed by atoms with Gasteiger partial charge in [0, 0.05) is 12.3 Å². The van der Waals surface area contributed by atoms with E-state index in [0.717, 1.165) is 27.8 Å². The van der Waals surface area contributed by atoms with E-state index in [1.54, 1.807) is 0 Å². The Kier molecular flexibility index (Phi) is 7.37. The Morgan fingerprint density at radius 3 is 2.09 bits per heavy atom. The second kappa shape index (κ2) is 10.8. The third-order valence-corrected chi connectivity index (χ3v) is 5.83. The van der Waals surface area contributed by atoms with Gasteiger partial charge in [-0.3, -0.25) is 4.79 Å². The zero-order valence-electron chi connectivity index (χ0n) is 18.3. The number of fused-ring (bicyclic) bond motifs is 3. The summed E-state index contributed by atoms with van der Waals surface area (Å²) in [4.78, 5) is 24.4. The largest absolute Gasteiger partial charge is 0.461 e. The number of alkyl carbamates (subject to hydrolysis) is 1. The first-order valence-electron chi connectivity index (χ1n) is 11.1. The van der Waals surface area contributed by atoms with Gasteiger partial charge in [0.05, 0.1) is 12.6 Å². The minimum Gasteiger partial charge on any atom is -0.461 e. The molecule has 1 atom stereocenters. The molecule has 6 nitrogen and oxygen atoms in total. The Bertz CT molecular complexity index is 1050. The Balaban J connectivity index is 1.25. The smallest absolute Gasteiger partial charge is 0.407 e. The molecule has 3 aromatic carbocycles. The summed E-state index contributed by atoms with van der Waals surface area (Å²) in [6, 6.07) is 25.0. The van der Waals surface area contributed by atoms with Gasteiger partial charge in [-0.1, -0.05) is 78.9 Å². The summed E-state index contributed by atoms with van der Waals surface area (Å²) in [5.74, 6) is -0.421. The highest BCUT2D eigenvalue weighted by Gasteiger charge is 2.29. The van der Waals surface area contributed by atoms with Crippen molar-refractivity contribution in [1.29, 1.82) is 0 Å². The Morgan fingerprint density at radius 2 is 1.45 bits per heavy atom. The number of aliphatic hydroxyl groups is 1. The number of carbonyl (C=O) groups excluding carboxylic acids is 2. The molecule has 6 heteroatoms. The lowest BCUT2D eigenvalue weighted by molar-refractivity contribution is -0.145. The average molecular weight is 446 g/mol.